The number of hydrogen-bond donors (Lipinski definition) is 2. The summed E-state index contributed by atoms with van der Waals surface area (Å²) in [5.74, 6) is -0.745. The van der Waals surface area contributed by atoms with Crippen molar-refractivity contribution in [1.82, 2.24) is 19.9 Å². The van der Waals surface area contributed by atoms with Crippen LogP contribution in [0.1, 0.15) is 16.1 Å². The van der Waals surface area contributed by atoms with Gasteiger partial charge in [-0.1, -0.05) is 6.07 Å². The second kappa shape index (κ2) is 8.77. The Morgan fingerprint density at radius 1 is 1.25 bits per heavy atom. The van der Waals surface area contributed by atoms with Gasteiger partial charge < -0.3 is 19.9 Å². The highest BCUT2D eigenvalue weighted by Crippen LogP contribution is 2.23. The van der Waals surface area contributed by atoms with Crippen molar-refractivity contribution in [1.29, 1.82) is 0 Å². The first-order chi connectivity index (χ1) is 13.5. The fourth-order valence-electron chi connectivity index (χ4n) is 2.56. The smallest absolute Gasteiger partial charge is 0.253 e. The van der Waals surface area contributed by atoms with Crippen molar-refractivity contribution >= 4 is 28.3 Å². The Hall–Kier alpha value is -3.04. The minimum absolute atomic E-state index is 0.0437. The average molecular weight is 399 g/mol. The van der Waals surface area contributed by atoms with Gasteiger partial charge >= 0.3 is 0 Å². The molecule has 2 N–H and O–H groups in total. The standard InChI is InChI=1S/C19H21N5O3S/c1-12-5-4-6-14(20-12)16-11-28-19(22-16)23-18(26)15(10-27-3)21-17(25)13-7-8-24(2)9-13/h4-9,11,15H,10H2,1-3H3,(H,21,25)(H,22,23,26). The number of hydrogen-bond acceptors (Lipinski definition) is 6. The molecule has 3 aromatic rings. The van der Waals surface area contributed by atoms with Crippen LogP contribution < -0.4 is 10.6 Å². The van der Waals surface area contributed by atoms with Crippen LogP contribution in [0.4, 0.5) is 5.13 Å². The summed E-state index contributed by atoms with van der Waals surface area (Å²) < 4.78 is 6.85. The quantitative estimate of drug-likeness (QED) is 0.635. The number of anilines is 1. The number of nitrogens with one attached hydrogen (secondary N) is 2. The lowest BCUT2D eigenvalue weighted by atomic mass is 10.2. The molecular weight excluding hydrogens is 378 g/mol. The third kappa shape index (κ3) is 4.81. The van der Waals surface area contributed by atoms with Crippen LogP contribution in [0, 0.1) is 6.92 Å². The lowest BCUT2D eigenvalue weighted by Crippen LogP contribution is -2.46. The Morgan fingerprint density at radius 3 is 2.75 bits per heavy atom. The zero-order valence-electron chi connectivity index (χ0n) is 15.8. The van der Waals surface area contributed by atoms with Gasteiger partial charge in [0, 0.05) is 37.6 Å². The SMILES string of the molecule is COCC(NC(=O)c1ccn(C)c1)C(=O)Nc1nc(-c2cccc(C)n2)cs1. The maximum Gasteiger partial charge on any atom is 0.253 e. The predicted molar refractivity (Wildman–Crippen MR) is 107 cm³/mol. The van der Waals surface area contributed by atoms with E-state index in [-0.39, 0.29) is 12.5 Å². The second-order valence-electron chi connectivity index (χ2n) is 6.24. The average Bonchev–Trinajstić information content (AvgIpc) is 3.30. The van der Waals surface area contributed by atoms with Crippen molar-refractivity contribution in [3.8, 4) is 11.4 Å². The molecule has 0 aromatic carbocycles. The Labute approximate surface area is 166 Å². The van der Waals surface area contributed by atoms with Crippen LogP contribution >= 0.6 is 11.3 Å². The molecule has 3 rings (SSSR count). The number of carbonyl (C=O) groups is 2. The first kappa shape index (κ1) is 19.7. The topological polar surface area (TPSA) is 98.1 Å². The van der Waals surface area contributed by atoms with Gasteiger partial charge in [-0.05, 0) is 25.1 Å². The maximum atomic E-state index is 12.6. The number of rotatable bonds is 7. The van der Waals surface area contributed by atoms with Gasteiger partial charge in [0.15, 0.2) is 5.13 Å². The molecule has 0 fully saturated rings. The normalized spacial score (nSPS) is 11.8. The molecule has 3 aromatic heterocycles. The number of carbonyl (C=O) groups excluding carboxylic acids is 2. The van der Waals surface area contributed by atoms with Gasteiger partial charge in [-0.2, -0.15) is 0 Å². The molecule has 3 heterocycles. The van der Waals surface area contributed by atoms with E-state index in [9.17, 15) is 9.59 Å². The number of amides is 2. The van der Waals surface area contributed by atoms with Gasteiger partial charge in [0.25, 0.3) is 11.8 Å². The lowest BCUT2D eigenvalue weighted by Gasteiger charge is -2.16. The van der Waals surface area contributed by atoms with E-state index < -0.39 is 11.9 Å². The van der Waals surface area contributed by atoms with Gasteiger partial charge in [0.1, 0.15) is 11.7 Å². The Morgan fingerprint density at radius 2 is 2.07 bits per heavy atom. The molecule has 0 aliphatic rings. The number of pyridine rings is 1. The van der Waals surface area contributed by atoms with Crippen LogP contribution in [0.5, 0.6) is 0 Å². The summed E-state index contributed by atoms with van der Waals surface area (Å²) in [7, 11) is 3.29. The molecular formula is C19H21N5O3S. The van der Waals surface area contributed by atoms with Gasteiger partial charge in [0.05, 0.1) is 17.9 Å². The van der Waals surface area contributed by atoms with Crippen molar-refractivity contribution in [2.24, 2.45) is 7.05 Å². The van der Waals surface area contributed by atoms with E-state index in [0.29, 0.717) is 16.4 Å². The number of aryl methyl sites for hydroxylation is 2. The highest BCUT2D eigenvalue weighted by atomic mass is 32.1. The molecule has 8 nitrogen and oxygen atoms in total. The summed E-state index contributed by atoms with van der Waals surface area (Å²) in [6.07, 6.45) is 3.44. The van der Waals surface area contributed by atoms with Crippen LogP contribution in [-0.4, -0.2) is 46.1 Å². The monoisotopic (exact) mass is 399 g/mol. The van der Waals surface area contributed by atoms with Crippen molar-refractivity contribution in [2.45, 2.75) is 13.0 Å². The molecule has 1 unspecified atom stereocenters. The van der Waals surface area contributed by atoms with Crippen LogP contribution in [0.2, 0.25) is 0 Å². The third-order valence-electron chi connectivity index (χ3n) is 3.93. The number of methoxy groups -OCH3 is 1. The van der Waals surface area contributed by atoms with E-state index in [1.54, 1.807) is 23.0 Å². The lowest BCUT2D eigenvalue weighted by molar-refractivity contribution is -0.119. The van der Waals surface area contributed by atoms with Crippen molar-refractivity contribution < 1.29 is 14.3 Å². The number of aromatic nitrogens is 3. The van der Waals surface area contributed by atoms with E-state index in [0.717, 1.165) is 11.4 Å². The molecule has 0 saturated carbocycles. The maximum absolute atomic E-state index is 12.6. The highest BCUT2D eigenvalue weighted by molar-refractivity contribution is 7.14. The minimum Gasteiger partial charge on any atom is -0.382 e. The van der Waals surface area contributed by atoms with E-state index in [1.807, 2.05) is 37.6 Å². The molecule has 0 saturated heterocycles. The minimum atomic E-state index is -0.845. The number of ether oxygens (including phenoxy) is 1. The van der Waals surface area contributed by atoms with Crippen molar-refractivity contribution in [2.75, 3.05) is 19.0 Å². The molecule has 0 aliphatic heterocycles. The molecule has 0 aliphatic carbocycles. The van der Waals surface area contributed by atoms with Gasteiger partial charge in [-0.25, -0.2) is 4.98 Å². The number of nitrogens with zero attached hydrogens (tertiary/aromatic N) is 3. The fourth-order valence-corrected chi connectivity index (χ4v) is 3.26. The Balaban J connectivity index is 1.68. The summed E-state index contributed by atoms with van der Waals surface area (Å²) in [4.78, 5) is 33.8. The highest BCUT2D eigenvalue weighted by Gasteiger charge is 2.23. The number of thiazole rings is 1. The van der Waals surface area contributed by atoms with E-state index in [4.69, 9.17) is 4.74 Å². The van der Waals surface area contributed by atoms with Crippen LogP contribution in [-0.2, 0) is 16.6 Å². The zero-order valence-corrected chi connectivity index (χ0v) is 16.6. The van der Waals surface area contributed by atoms with Crippen molar-refractivity contribution in [3.63, 3.8) is 0 Å². The zero-order chi connectivity index (χ0) is 20.1. The van der Waals surface area contributed by atoms with Crippen molar-refractivity contribution in [3.05, 3.63) is 53.3 Å². The fraction of sp³-hybridized carbons (Fsp3) is 0.263. The first-order valence-electron chi connectivity index (χ1n) is 8.58. The molecule has 146 valence electrons. The molecule has 0 bridgehead atoms. The van der Waals surface area contributed by atoms with Gasteiger partial charge in [-0.15, -0.1) is 11.3 Å². The molecule has 1 atom stereocenters. The van der Waals surface area contributed by atoms with Crippen LogP contribution in [0.25, 0.3) is 11.4 Å². The summed E-state index contributed by atoms with van der Waals surface area (Å²) in [5, 5.41) is 7.68. The summed E-state index contributed by atoms with van der Waals surface area (Å²) in [6, 6.07) is 6.51. The Bertz CT molecular complexity index is 981. The molecule has 0 radical (unpaired) electrons. The molecule has 28 heavy (non-hydrogen) atoms. The second-order valence-corrected chi connectivity index (χ2v) is 7.10. The Kier molecular flexibility index (Phi) is 6.17. The molecule has 0 spiro atoms. The summed E-state index contributed by atoms with van der Waals surface area (Å²) in [6.45, 7) is 1.95. The van der Waals surface area contributed by atoms with E-state index in [2.05, 4.69) is 20.6 Å². The van der Waals surface area contributed by atoms with Crippen LogP contribution in [0.3, 0.4) is 0 Å². The summed E-state index contributed by atoms with van der Waals surface area (Å²) in [5.41, 5.74) is 2.78. The third-order valence-corrected chi connectivity index (χ3v) is 4.69. The predicted octanol–water partition coefficient (Wildman–Crippen LogP) is 2.24. The summed E-state index contributed by atoms with van der Waals surface area (Å²) >= 11 is 1.29. The van der Waals surface area contributed by atoms with Gasteiger partial charge in [-0.3, -0.25) is 14.6 Å². The van der Waals surface area contributed by atoms with Gasteiger partial charge in [0.2, 0.25) is 0 Å². The molecule has 2 amide bonds. The molecule has 9 heteroatoms. The van der Waals surface area contributed by atoms with Crippen LogP contribution in [0.15, 0.2) is 42.0 Å². The first-order valence-corrected chi connectivity index (χ1v) is 9.46. The van der Waals surface area contributed by atoms with E-state index in [1.165, 1.54) is 18.4 Å². The van der Waals surface area contributed by atoms with E-state index >= 15 is 0 Å². The largest absolute Gasteiger partial charge is 0.382 e.